The van der Waals surface area contributed by atoms with Crippen molar-refractivity contribution < 1.29 is 23.9 Å². The topological polar surface area (TPSA) is 84.0 Å². The molecule has 1 aliphatic heterocycles. The molecule has 8 heteroatoms. The number of ketones is 1. The molecule has 0 aromatic heterocycles. The van der Waals surface area contributed by atoms with E-state index in [0.717, 1.165) is 10.0 Å². The van der Waals surface area contributed by atoms with Crippen LogP contribution in [0.3, 0.4) is 0 Å². The maximum atomic E-state index is 13.4. The molecular weight excluding hydrogens is 432 g/mol. The Morgan fingerprint density at radius 1 is 1.03 bits per heavy atom. The van der Waals surface area contributed by atoms with E-state index >= 15 is 0 Å². The average Bonchev–Trinajstić information content (AvgIpc) is 3.07. The van der Waals surface area contributed by atoms with Gasteiger partial charge in [0.25, 0.3) is 17.7 Å². The Kier molecular flexibility index (Phi) is 6.10. The summed E-state index contributed by atoms with van der Waals surface area (Å²) in [7, 11) is 1.48. The van der Waals surface area contributed by atoms with Gasteiger partial charge in [-0.15, -0.1) is 0 Å². The Balaban J connectivity index is 1.71. The summed E-state index contributed by atoms with van der Waals surface area (Å²) in [5.41, 5.74) is 0.390. The lowest BCUT2D eigenvalue weighted by Crippen LogP contribution is -2.52. The summed E-state index contributed by atoms with van der Waals surface area (Å²) >= 11 is 6.21. The van der Waals surface area contributed by atoms with Crippen LogP contribution in [0, 0.1) is 11.8 Å². The van der Waals surface area contributed by atoms with Crippen molar-refractivity contribution in [3.8, 4) is 5.75 Å². The van der Waals surface area contributed by atoms with E-state index in [4.69, 9.17) is 16.3 Å². The molecule has 2 atom stereocenters. The highest BCUT2D eigenvalue weighted by Gasteiger charge is 2.51. The quantitative estimate of drug-likeness (QED) is 0.380. The fraction of sp³-hybridized carbons (Fsp3) is 0.250. The molecule has 2 aromatic rings. The van der Waals surface area contributed by atoms with Crippen LogP contribution in [0.25, 0.3) is 0 Å². The van der Waals surface area contributed by atoms with Gasteiger partial charge < -0.3 is 4.74 Å². The van der Waals surface area contributed by atoms with Gasteiger partial charge in [-0.1, -0.05) is 48.0 Å². The van der Waals surface area contributed by atoms with Crippen molar-refractivity contribution in [2.24, 2.45) is 11.8 Å². The molecule has 3 amide bonds. The van der Waals surface area contributed by atoms with Crippen LogP contribution in [-0.4, -0.2) is 47.2 Å². The number of methoxy groups -OCH3 is 1. The maximum absolute atomic E-state index is 13.4. The molecule has 0 bridgehead atoms. The summed E-state index contributed by atoms with van der Waals surface area (Å²) < 4.78 is 5.16. The van der Waals surface area contributed by atoms with Crippen molar-refractivity contribution in [3.63, 3.8) is 0 Å². The Bertz CT molecular complexity index is 1100. The molecular formula is C24H21ClN2O5. The van der Waals surface area contributed by atoms with Crippen molar-refractivity contribution in [2.75, 3.05) is 13.7 Å². The predicted octanol–water partition coefficient (Wildman–Crippen LogP) is 3.54. The first-order chi connectivity index (χ1) is 15.4. The minimum atomic E-state index is -0.694. The summed E-state index contributed by atoms with van der Waals surface area (Å²) in [6, 6.07) is 12.8. The molecule has 0 saturated carbocycles. The number of allylic oxidation sites excluding steroid dienone is 2. The van der Waals surface area contributed by atoms with Crippen LogP contribution >= 0.6 is 11.6 Å². The van der Waals surface area contributed by atoms with Crippen molar-refractivity contribution in [1.82, 2.24) is 10.0 Å². The van der Waals surface area contributed by atoms with Gasteiger partial charge in [0.2, 0.25) is 0 Å². The van der Waals surface area contributed by atoms with Crippen LogP contribution in [0.4, 0.5) is 0 Å². The minimum Gasteiger partial charge on any atom is -0.497 e. The molecule has 7 nitrogen and oxygen atoms in total. The number of imide groups is 1. The van der Waals surface area contributed by atoms with Crippen LogP contribution in [-0.2, 0) is 9.59 Å². The van der Waals surface area contributed by atoms with Crippen molar-refractivity contribution >= 4 is 35.1 Å². The first-order valence-corrected chi connectivity index (χ1v) is 10.6. The molecule has 2 aliphatic rings. The molecule has 1 heterocycles. The number of carbonyl (C=O) groups is 4. The molecule has 1 saturated heterocycles. The Labute approximate surface area is 190 Å². The zero-order valence-corrected chi connectivity index (χ0v) is 18.1. The lowest BCUT2D eigenvalue weighted by Gasteiger charge is -2.30. The van der Waals surface area contributed by atoms with Crippen LogP contribution in [0.15, 0.2) is 60.7 Å². The number of hydrazine groups is 1. The average molecular weight is 453 g/mol. The number of hydrogen-bond acceptors (Lipinski definition) is 5. The number of amides is 3. The Hall–Kier alpha value is -3.45. The molecule has 0 unspecified atom stereocenters. The smallest absolute Gasteiger partial charge is 0.274 e. The molecule has 0 radical (unpaired) electrons. The number of fused-ring (bicyclic) bond motifs is 1. The molecule has 4 rings (SSSR count). The summed E-state index contributed by atoms with van der Waals surface area (Å²) in [5, 5.41) is 1.92. The third-order valence-electron chi connectivity index (χ3n) is 5.75. The highest BCUT2D eigenvalue weighted by Crippen LogP contribution is 2.36. The van der Waals surface area contributed by atoms with E-state index in [0.29, 0.717) is 24.2 Å². The number of hydrogen-bond donors (Lipinski definition) is 0. The van der Waals surface area contributed by atoms with E-state index in [2.05, 4.69) is 0 Å². The van der Waals surface area contributed by atoms with Gasteiger partial charge in [0.1, 0.15) is 12.3 Å². The molecule has 0 N–H and O–H groups in total. The Morgan fingerprint density at radius 2 is 1.69 bits per heavy atom. The number of rotatable bonds is 6. The maximum Gasteiger partial charge on any atom is 0.274 e. The van der Waals surface area contributed by atoms with Gasteiger partial charge in [-0.25, -0.2) is 5.01 Å². The molecule has 1 aliphatic carbocycles. The third-order valence-corrected chi connectivity index (χ3v) is 6.08. The van der Waals surface area contributed by atoms with Gasteiger partial charge in [-0.2, -0.15) is 5.01 Å². The lowest BCUT2D eigenvalue weighted by atomic mass is 9.85. The number of halogens is 1. The molecule has 1 fully saturated rings. The molecule has 164 valence electrons. The summed E-state index contributed by atoms with van der Waals surface area (Å²) in [4.78, 5) is 52.8. The van der Waals surface area contributed by atoms with Gasteiger partial charge in [-0.3, -0.25) is 19.2 Å². The summed E-state index contributed by atoms with van der Waals surface area (Å²) in [6.07, 6.45) is 4.56. The van der Waals surface area contributed by atoms with Gasteiger partial charge in [-0.05, 0) is 37.1 Å². The number of nitrogens with zero attached hydrogens (tertiary/aromatic N) is 2. The van der Waals surface area contributed by atoms with Gasteiger partial charge >= 0.3 is 0 Å². The van der Waals surface area contributed by atoms with Gasteiger partial charge in [0.15, 0.2) is 5.78 Å². The fourth-order valence-electron chi connectivity index (χ4n) is 4.05. The number of ether oxygens (including phenoxy) is 1. The Morgan fingerprint density at radius 3 is 2.31 bits per heavy atom. The number of benzene rings is 2. The SMILES string of the molecule is COc1cccc(C(=O)CN(C(=O)c2ccccc2Cl)N2C(=O)[C@H]3CC=CC[C@H]3C2=O)c1. The summed E-state index contributed by atoms with van der Waals surface area (Å²) in [6.45, 7) is -0.498. The second kappa shape index (κ2) is 8.96. The molecule has 32 heavy (non-hydrogen) atoms. The monoisotopic (exact) mass is 452 g/mol. The summed E-state index contributed by atoms with van der Waals surface area (Å²) in [5.74, 6) is -2.71. The predicted molar refractivity (Wildman–Crippen MR) is 117 cm³/mol. The van der Waals surface area contributed by atoms with Crippen LogP contribution in [0.1, 0.15) is 33.6 Å². The van der Waals surface area contributed by atoms with E-state index in [1.54, 1.807) is 30.3 Å². The van der Waals surface area contributed by atoms with Crippen molar-refractivity contribution in [3.05, 3.63) is 76.8 Å². The lowest BCUT2D eigenvalue weighted by molar-refractivity contribution is -0.154. The third kappa shape index (κ3) is 3.91. The minimum absolute atomic E-state index is 0.0983. The second-order valence-electron chi connectivity index (χ2n) is 7.64. The highest BCUT2D eigenvalue weighted by atomic mass is 35.5. The second-order valence-corrected chi connectivity index (χ2v) is 8.05. The first kappa shape index (κ1) is 21.8. The van der Waals surface area contributed by atoms with E-state index in [-0.39, 0.29) is 10.6 Å². The van der Waals surface area contributed by atoms with Crippen molar-refractivity contribution in [2.45, 2.75) is 12.8 Å². The largest absolute Gasteiger partial charge is 0.497 e. The molecule has 0 spiro atoms. The zero-order valence-electron chi connectivity index (χ0n) is 17.4. The van der Waals surface area contributed by atoms with Crippen LogP contribution < -0.4 is 4.74 Å². The first-order valence-electron chi connectivity index (χ1n) is 10.2. The van der Waals surface area contributed by atoms with Crippen LogP contribution in [0.2, 0.25) is 5.02 Å². The van der Waals surface area contributed by atoms with E-state index in [1.165, 1.54) is 25.3 Å². The van der Waals surface area contributed by atoms with E-state index in [1.807, 2.05) is 12.2 Å². The standard InChI is InChI=1S/C24H21ClN2O5/c1-32-16-8-6-7-15(13-16)21(28)14-26(22(29)19-11-4-5-12-20(19)25)27-23(30)17-9-2-3-10-18(17)24(27)31/h2-8,11-13,17-18H,9-10,14H2,1H3/t17-,18+. The van der Waals surface area contributed by atoms with Crippen LogP contribution in [0.5, 0.6) is 5.75 Å². The van der Waals surface area contributed by atoms with Gasteiger partial charge in [0.05, 0.1) is 29.5 Å². The van der Waals surface area contributed by atoms with Gasteiger partial charge in [0, 0.05) is 5.56 Å². The number of Topliss-reactive ketones (excluding diaryl/α,β-unsaturated/α-hetero) is 1. The fourth-order valence-corrected chi connectivity index (χ4v) is 4.27. The van der Waals surface area contributed by atoms with Crippen molar-refractivity contribution in [1.29, 1.82) is 0 Å². The molecule has 2 aromatic carbocycles. The zero-order chi connectivity index (χ0) is 22.8. The number of carbonyl (C=O) groups excluding carboxylic acids is 4. The van der Waals surface area contributed by atoms with E-state index < -0.39 is 41.9 Å². The van der Waals surface area contributed by atoms with E-state index in [9.17, 15) is 19.2 Å². The normalized spacial score (nSPS) is 19.6. The highest BCUT2D eigenvalue weighted by molar-refractivity contribution is 6.34.